The first-order chi connectivity index (χ1) is 14.4. The van der Waals surface area contributed by atoms with Gasteiger partial charge >= 0.3 is 5.97 Å². The van der Waals surface area contributed by atoms with E-state index < -0.39 is 0 Å². The summed E-state index contributed by atoms with van der Waals surface area (Å²) in [5.41, 5.74) is 5.94. The number of pyridine rings is 1. The van der Waals surface area contributed by atoms with Gasteiger partial charge in [-0.15, -0.1) is 0 Å². The van der Waals surface area contributed by atoms with Crippen LogP contribution in [0.2, 0.25) is 0 Å². The number of para-hydroxylation sites is 1. The zero-order chi connectivity index (χ0) is 21.7. The van der Waals surface area contributed by atoms with Crippen molar-refractivity contribution in [2.45, 2.75) is 53.8 Å². The summed E-state index contributed by atoms with van der Waals surface area (Å²) >= 11 is 0. The van der Waals surface area contributed by atoms with Gasteiger partial charge in [-0.1, -0.05) is 55.0 Å². The molecule has 156 valence electrons. The van der Waals surface area contributed by atoms with Gasteiger partial charge < -0.3 is 9.47 Å². The molecule has 0 amide bonds. The van der Waals surface area contributed by atoms with E-state index in [0.717, 1.165) is 34.6 Å². The molecular formula is C26H29NO3. The van der Waals surface area contributed by atoms with E-state index in [1.54, 1.807) is 0 Å². The van der Waals surface area contributed by atoms with Gasteiger partial charge in [0.15, 0.2) is 0 Å². The fourth-order valence-electron chi connectivity index (χ4n) is 3.28. The van der Waals surface area contributed by atoms with E-state index in [0.29, 0.717) is 17.9 Å². The van der Waals surface area contributed by atoms with Gasteiger partial charge in [0.1, 0.15) is 12.4 Å². The Hall–Kier alpha value is -3.14. The van der Waals surface area contributed by atoms with Crippen LogP contribution in [0.4, 0.5) is 0 Å². The second kappa shape index (κ2) is 9.57. The minimum atomic E-state index is -0.349. The highest BCUT2D eigenvalue weighted by molar-refractivity contribution is 5.99. The molecule has 2 aromatic carbocycles. The summed E-state index contributed by atoms with van der Waals surface area (Å²) in [6.07, 6.45) is 0.606. The lowest BCUT2D eigenvalue weighted by atomic mass is 9.97. The summed E-state index contributed by atoms with van der Waals surface area (Å²) in [6, 6.07) is 18.0. The molecule has 1 atom stereocenters. The summed E-state index contributed by atoms with van der Waals surface area (Å²) in [6.45, 7) is 10.2. The summed E-state index contributed by atoms with van der Waals surface area (Å²) < 4.78 is 11.8. The van der Waals surface area contributed by atoms with Gasteiger partial charge in [-0.25, -0.2) is 4.79 Å². The largest absolute Gasteiger partial charge is 0.488 e. The SMILES string of the molecule is CCC(C)OC(=O)c1c(-c2ccccc2OCc2ccc(C)cc2)cc(C)nc1C. The third-order valence-electron chi connectivity index (χ3n) is 5.11. The number of aryl methyl sites for hydroxylation is 3. The summed E-state index contributed by atoms with van der Waals surface area (Å²) in [4.78, 5) is 17.5. The first kappa shape index (κ1) is 21.6. The van der Waals surface area contributed by atoms with Crippen LogP contribution >= 0.6 is 0 Å². The molecule has 0 bridgehead atoms. The molecule has 0 N–H and O–H groups in total. The van der Waals surface area contributed by atoms with Crippen LogP contribution in [0.15, 0.2) is 54.6 Å². The first-order valence-corrected chi connectivity index (χ1v) is 10.4. The standard InChI is InChI=1S/C26H29NO3/c1-6-19(4)30-26(28)25-20(5)27-18(3)15-23(25)22-9-7-8-10-24(22)29-16-21-13-11-17(2)12-14-21/h7-15,19H,6,16H2,1-5H3. The zero-order valence-electron chi connectivity index (χ0n) is 18.4. The van der Waals surface area contributed by atoms with E-state index in [1.165, 1.54) is 5.56 Å². The molecule has 0 saturated carbocycles. The Morgan fingerprint density at radius 3 is 2.40 bits per heavy atom. The Kier molecular flexibility index (Phi) is 6.88. The summed E-state index contributed by atoms with van der Waals surface area (Å²) in [7, 11) is 0. The van der Waals surface area contributed by atoms with Crippen molar-refractivity contribution in [1.82, 2.24) is 4.98 Å². The molecule has 3 rings (SSSR count). The number of benzene rings is 2. The molecule has 1 aromatic heterocycles. The molecule has 0 radical (unpaired) electrons. The summed E-state index contributed by atoms with van der Waals surface area (Å²) in [5.74, 6) is 0.373. The van der Waals surface area contributed by atoms with Gasteiger partial charge in [0.25, 0.3) is 0 Å². The smallest absolute Gasteiger partial charge is 0.340 e. The Morgan fingerprint density at radius 2 is 1.70 bits per heavy atom. The number of carbonyl (C=O) groups is 1. The molecule has 0 spiro atoms. The number of rotatable bonds is 7. The van der Waals surface area contributed by atoms with E-state index in [4.69, 9.17) is 9.47 Å². The Labute approximate surface area is 178 Å². The normalized spacial score (nSPS) is 11.8. The molecule has 0 fully saturated rings. The van der Waals surface area contributed by atoms with Gasteiger partial charge in [0.05, 0.1) is 17.4 Å². The van der Waals surface area contributed by atoms with Crippen molar-refractivity contribution in [1.29, 1.82) is 0 Å². The Balaban J connectivity index is 1.99. The van der Waals surface area contributed by atoms with Crippen LogP contribution in [0.3, 0.4) is 0 Å². The van der Waals surface area contributed by atoms with Crippen LogP contribution in [0.25, 0.3) is 11.1 Å². The van der Waals surface area contributed by atoms with Crippen molar-refractivity contribution in [3.8, 4) is 16.9 Å². The number of nitrogens with zero attached hydrogens (tertiary/aromatic N) is 1. The maximum Gasteiger partial charge on any atom is 0.340 e. The van der Waals surface area contributed by atoms with E-state index in [-0.39, 0.29) is 12.1 Å². The van der Waals surface area contributed by atoms with Crippen molar-refractivity contribution in [2.24, 2.45) is 0 Å². The number of hydrogen-bond acceptors (Lipinski definition) is 4. The van der Waals surface area contributed by atoms with Crippen LogP contribution in [0, 0.1) is 20.8 Å². The lowest BCUT2D eigenvalue weighted by Gasteiger charge is -2.18. The van der Waals surface area contributed by atoms with Crippen LogP contribution in [0.5, 0.6) is 5.75 Å². The van der Waals surface area contributed by atoms with E-state index >= 15 is 0 Å². The maximum atomic E-state index is 13.0. The molecule has 1 unspecified atom stereocenters. The van der Waals surface area contributed by atoms with Crippen molar-refractivity contribution in [2.75, 3.05) is 0 Å². The first-order valence-electron chi connectivity index (χ1n) is 10.4. The highest BCUT2D eigenvalue weighted by Crippen LogP contribution is 2.35. The monoisotopic (exact) mass is 403 g/mol. The fourth-order valence-corrected chi connectivity index (χ4v) is 3.28. The molecule has 0 saturated heterocycles. The molecule has 4 nitrogen and oxygen atoms in total. The van der Waals surface area contributed by atoms with E-state index in [1.807, 2.05) is 58.0 Å². The predicted octanol–water partition coefficient (Wildman–Crippen LogP) is 6.21. The molecule has 30 heavy (non-hydrogen) atoms. The van der Waals surface area contributed by atoms with Crippen molar-refractivity contribution >= 4 is 5.97 Å². The zero-order valence-corrected chi connectivity index (χ0v) is 18.4. The fraction of sp³-hybridized carbons (Fsp3) is 0.308. The number of hydrogen-bond donors (Lipinski definition) is 0. The van der Waals surface area contributed by atoms with Gasteiger partial charge in [0.2, 0.25) is 0 Å². The van der Waals surface area contributed by atoms with Gasteiger partial charge in [-0.2, -0.15) is 0 Å². The number of aromatic nitrogens is 1. The number of ether oxygens (including phenoxy) is 2. The van der Waals surface area contributed by atoms with Crippen LogP contribution < -0.4 is 4.74 Å². The van der Waals surface area contributed by atoms with Gasteiger partial charge in [-0.3, -0.25) is 4.98 Å². The van der Waals surface area contributed by atoms with Crippen LogP contribution in [0.1, 0.15) is 53.1 Å². The quantitative estimate of drug-likeness (QED) is 0.440. The average molecular weight is 404 g/mol. The lowest BCUT2D eigenvalue weighted by molar-refractivity contribution is 0.0334. The third kappa shape index (κ3) is 5.07. The topological polar surface area (TPSA) is 48.4 Å². The Bertz CT molecular complexity index is 1020. The number of esters is 1. The highest BCUT2D eigenvalue weighted by Gasteiger charge is 2.22. The molecular weight excluding hydrogens is 374 g/mol. The van der Waals surface area contributed by atoms with Crippen LogP contribution in [-0.2, 0) is 11.3 Å². The van der Waals surface area contributed by atoms with E-state index in [2.05, 4.69) is 36.2 Å². The van der Waals surface area contributed by atoms with Crippen LogP contribution in [-0.4, -0.2) is 17.1 Å². The van der Waals surface area contributed by atoms with Crippen molar-refractivity contribution in [3.05, 3.63) is 82.7 Å². The molecule has 0 aliphatic heterocycles. The van der Waals surface area contributed by atoms with E-state index in [9.17, 15) is 4.79 Å². The van der Waals surface area contributed by atoms with Crippen molar-refractivity contribution in [3.63, 3.8) is 0 Å². The molecule has 1 heterocycles. The molecule has 0 aliphatic carbocycles. The predicted molar refractivity (Wildman–Crippen MR) is 120 cm³/mol. The minimum absolute atomic E-state index is 0.154. The average Bonchev–Trinajstić information content (AvgIpc) is 2.72. The number of carbonyl (C=O) groups excluding carboxylic acids is 1. The van der Waals surface area contributed by atoms with Gasteiger partial charge in [-0.05, 0) is 51.8 Å². The third-order valence-corrected chi connectivity index (χ3v) is 5.11. The minimum Gasteiger partial charge on any atom is -0.488 e. The lowest BCUT2D eigenvalue weighted by Crippen LogP contribution is -2.17. The molecule has 3 aromatic rings. The maximum absolute atomic E-state index is 13.0. The highest BCUT2D eigenvalue weighted by atomic mass is 16.5. The second-order valence-corrected chi connectivity index (χ2v) is 7.67. The molecule has 4 heteroatoms. The molecule has 0 aliphatic rings. The van der Waals surface area contributed by atoms with Gasteiger partial charge in [0, 0.05) is 16.8 Å². The summed E-state index contributed by atoms with van der Waals surface area (Å²) in [5, 5.41) is 0. The van der Waals surface area contributed by atoms with Crippen molar-refractivity contribution < 1.29 is 14.3 Å². The Morgan fingerprint density at radius 1 is 1.00 bits per heavy atom. The second-order valence-electron chi connectivity index (χ2n) is 7.67.